The maximum absolute atomic E-state index is 11.1. The Labute approximate surface area is 114 Å². The van der Waals surface area contributed by atoms with Crippen LogP contribution < -0.4 is 5.32 Å². The molecule has 0 aromatic heterocycles. The van der Waals surface area contributed by atoms with Gasteiger partial charge >= 0.3 is 0 Å². The van der Waals surface area contributed by atoms with Crippen molar-refractivity contribution in [3.05, 3.63) is 38.3 Å². The molecule has 1 aromatic rings. The lowest BCUT2D eigenvalue weighted by molar-refractivity contribution is -0.385. The Bertz CT molecular complexity index is 453. The molecule has 18 heavy (non-hydrogen) atoms. The van der Waals surface area contributed by atoms with Crippen molar-refractivity contribution >= 4 is 21.6 Å². The molecular formula is C12H16BrN3O2. The molecule has 0 saturated carbocycles. The molecule has 1 unspecified atom stereocenters. The van der Waals surface area contributed by atoms with E-state index in [2.05, 4.69) is 33.1 Å². The monoisotopic (exact) mass is 313 g/mol. The number of hydrogen-bond acceptors (Lipinski definition) is 4. The van der Waals surface area contributed by atoms with E-state index >= 15 is 0 Å². The largest absolute Gasteiger partial charge is 0.314 e. The number of benzene rings is 1. The van der Waals surface area contributed by atoms with Gasteiger partial charge in [-0.05, 0) is 19.1 Å². The summed E-state index contributed by atoms with van der Waals surface area (Å²) in [7, 11) is 0. The minimum absolute atomic E-state index is 0.190. The van der Waals surface area contributed by atoms with E-state index in [1.807, 2.05) is 12.1 Å². The summed E-state index contributed by atoms with van der Waals surface area (Å²) in [4.78, 5) is 13.0. The second kappa shape index (κ2) is 5.77. The Balaban J connectivity index is 2.20. The zero-order chi connectivity index (χ0) is 13.1. The van der Waals surface area contributed by atoms with Crippen LogP contribution in [0, 0.1) is 10.1 Å². The summed E-state index contributed by atoms with van der Waals surface area (Å²) >= 11 is 3.27. The molecule has 1 fully saturated rings. The van der Waals surface area contributed by atoms with Crippen molar-refractivity contribution in [1.29, 1.82) is 0 Å². The summed E-state index contributed by atoms with van der Waals surface area (Å²) in [5.41, 5.74) is 0.965. The molecule has 1 aliphatic rings. The summed E-state index contributed by atoms with van der Waals surface area (Å²) in [5.74, 6) is 0. The summed E-state index contributed by atoms with van der Waals surface area (Å²) in [6.45, 7) is 5.57. The van der Waals surface area contributed by atoms with Gasteiger partial charge in [-0.25, -0.2) is 0 Å². The maximum atomic E-state index is 11.1. The van der Waals surface area contributed by atoms with Crippen LogP contribution in [-0.2, 0) is 6.54 Å². The maximum Gasteiger partial charge on any atom is 0.275 e. The molecule has 0 radical (unpaired) electrons. The first-order valence-electron chi connectivity index (χ1n) is 5.95. The molecular weight excluding hydrogens is 298 g/mol. The normalized spacial score (nSPS) is 20.9. The highest BCUT2D eigenvalue weighted by Crippen LogP contribution is 2.25. The van der Waals surface area contributed by atoms with Crippen LogP contribution in [0.5, 0.6) is 0 Å². The highest BCUT2D eigenvalue weighted by molar-refractivity contribution is 9.10. The molecule has 1 atom stereocenters. The number of nitro benzene ring substituents is 1. The zero-order valence-electron chi connectivity index (χ0n) is 10.2. The first-order chi connectivity index (χ1) is 8.58. The number of nitro groups is 1. The molecule has 1 N–H and O–H groups in total. The van der Waals surface area contributed by atoms with Gasteiger partial charge in [0.25, 0.3) is 5.69 Å². The van der Waals surface area contributed by atoms with Gasteiger partial charge in [0.1, 0.15) is 0 Å². The van der Waals surface area contributed by atoms with E-state index in [-0.39, 0.29) is 10.6 Å². The molecule has 1 heterocycles. The van der Waals surface area contributed by atoms with Crippen molar-refractivity contribution in [2.24, 2.45) is 0 Å². The predicted octanol–water partition coefficient (Wildman–Crippen LogP) is 2.15. The molecule has 1 saturated heterocycles. The van der Waals surface area contributed by atoms with Crippen molar-refractivity contribution in [3.63, 3.8) is 0 Å². The van der Waals surface area contributed by atoms with Gasteiger partial charge in [0.15, 0.2) is 0 Å². The Hall–Kier alpha value is -0.980. The molecule has 1 aromatic carbocycles. The van der Waals surface area contributed by atoms with Gasteiger partial charge in [-0.15, -0.1) is 0 Å². The van der Waals surface area contributed by atoms with E-state index in [0.717, 1.165) is 29.7 Å². The summed E-state index contributed by atoms with van der Waals surface area (Å²) < 4.78 is 0.742. The number of hydrogen-bond donors (Lipinski definition) is 1. The Morgan fingerprint density at radius 3 is 3.06 bits per heavy atom. The van der Waals surface area contributed by atoms with E-state index in [4.69, 9.17) is 0 Å². The average molecular weight is 314 g/mol. The van der Waals surface area contributed by atoms with Gasteiger partial charge < -0.3 is 5.32 Å². The van der Waals surface area contributed by atoms with E-state index in [1.54, 1.807) is 6.07 Å². The van der Waals surface area contributed by atoms with Crippen LogP contribution in [-0.4, -0.2) is 35.5 Å². The fourth-order valence-corrected chi connectivity index (χ4v) is 2.53. The number of nitrogens with one attached hydrogen (secondary N) is 1. The van der Waals surface area contributed by atoms with Crippen LogP contribution in [0.25, 0.3) is 0 Å². The van der Waals surface area contributed by atoms with Crippen molar-refractivity contribution < 1.29 is 4.92 Å². The van der Waals surface area contributed by atoms with Crippen molar-refractivity contribution in [2.45, 2.75) is 19.5 Å². The molecule has 0 aliphatic carbocycles. The van der Waals surface area contributed by atoms with Gasteiger partial charge in [-0.3, -0.25) is 15.0 Å². The fourth-order valence-electron chi connectivity index (χ4n) is 2.18. The predicted molar refractivity (Wildman–Crippen MR) is 73.5 cm³/mol. The van der Waals surface area contributed by atoms with Crippen molar-refractivity contribution in [2.75, 3.05) is 19.6 Å². The van der Waals surface area contributed by atoms with Crippen molar-refractivity contribution in [3.8, 4) is 0 Å². The zero-order valence-corrected chi connectivity index (χ0v) is 11.8. The molecule has 0 amide bonds. The molecule has 5 nitrogen and oxygen atoms in total. The molecule has 0 bridgehead atoms. The Morgan fingerprint density at radius 2 is 2.39 bits per heavy atom. The third-order valence-electron chi connectivity index (χ3n) is 3.26. The standard InChI is InChI=1S/C12H16BrN3O2/c1-9-7-14-4-5-15(9)8-10-2-3-11(13)6-12(10)16(17)18/h2-3,6,9,14H,4-5,7-8H2,1H3. The van der Waals surface area contributed by atoms with E-state index in [0.29, 0.717) is 12.6 Å². The number of rotatable bonds is 3. The Kier molecular flexibility index (Phi) is 4.31. The molecule has 2 rings (SSSR count). The van der Waals surface area contributed by atoms with Crippen LogP contribution >= 0.6 is 15.9 Å². The highest BCUT2D eigenvalue weighted by Gasteiger charge is 2.22. The van der Waals surface area contributed by atoms with Crippen LogP contribution in [0.2, 0.25) is 0 Å². The number of piperazine rings is 1. The van der Waals surface area contributed by atoms with Crippen LogP contribution in [0.4, 0.5) is 5.69 Å². The summed E-state index contributed by atoms with van der Waals surface area (Å²) in [5, 5.41) is 14.4. The SMILES string of the molecule is CC1CNCCN1Cc1ccc(Br)cc1[N+](=O)[O-]. The van der Waals surface area contributed by atoms with Crippen LogP contribution in [0.1, 0.15) is 12.5 Å². The minimum atomic E-state index is -0.313. The lowest BCUT2D eigenvalue weighted by atomic mass is 10.1. The fraction of sp³-hybridized carbons (Fsp3) is 0.500. The topological polar surface area (TPSA) is 58.4 Å². The number of halogens is 1. The van der Waals surface area contributed by atoms with E-state index in [1.165, 1.54) is 0 Å². The molecule has 6 heteroatoms. The second-order valence-corrected chi connectivity index (χ2v) is 5.47. The van der Waals surface area contributed by atoms with Crippen molar-refractivity contribution in [1.82, 2.24) is 10.2 Å². The minimum Gasteiger partial charge on any atom is -0.314 e. The van der Waals surface area contributed by atoms with Gasteiger partial charge in [-0.1, -0.05) is 15.9 Å². The van der Waals surface area contributed by atoms with Gasteiger partial charge in [0, 0.05) is 48.3 Å². The third-order valence-corrected chi connectivity index (χ3v) is 3.75. The Morgan fingerprint density at radius 1 is 1.61 bits per heavy atom. The lowest BCUT2D eigenvalue weighted by Crippen LogP contribution is -2.49. The first-order valence-corrected chi connectivity index (χ1v) is 6.75. The summed E-state index contributed by atoms with van der Waals surface area (Å²) in [6, 6.07) is 5.66. The van der Waals surface area contributed by atoms with Gasteiger partial charge in [-0.2, -0.15) is 0 Å². The molecule has 98 valence electrons. The highest BCUT2D eigenvalue weighted by atomic mass is 79.9. The van der Waals surface area contributed by atoms with Crippen LogP contribution in [0.15, 0.2) is 22.7 Å². The second-order valence-electron chi connectivity index (χ2n) is 4.55. The molecule has 0 spiro atoms. The average Bonchev–Trinajstić information content (AvgIpc) is 2.34. The third kappa shape index (κ3) is 3.07. The van der Waals surface area contributed by atoms with Crippen LogP contribution in [0.3, 0.4) is 0 Å². The molecule has 1 aliphatic heterocycles. The van der Waals surface area contributed by atoms with E-state index < -0.39 is 0 Å². The van der Waals surface area contributed by atoms with Gasteiger partial charge in [0.05, 0.1) is 4.92 Å². The smallest absolute Gasteiger partial charge is 0.275 e. The first kappa shape index (κ1) is 13.5. The van der Waals surface area contributed by atoms with Gasteiger partial charge in [0.2, 0.25) is 0 Å². The quantitative estimate of drug-likeness (QED) is 0.686. The van der Waals surface area contributed by atoms with E-state index in [9.17, 15) is 10.1 Å². The summed E-state index contributed by atoms with van der Waals surface area (Å²) in [6.07, 6.45) is 0. The number of nitrogens with zero attached hydrogens (tertiary/aromatic N) is 2. The lowest BCUT2D eigenvalue weighted by Gasteiger charge is -2.33.